The van der Waals surface area contributed by atoms with Gasteiger partial charge < -0.3 is 16.0 Å². The second kappa shape index (κ2) is 14.0. The molecule has 1 aliphatic carbocycles. The lowest BCUT2D eigenvalue weighted by Gasteiger charge is -2.14. The van der Waals surface area contributed by atoms with Gasteiger partial charge >= 0.3 is 0 Å². The van der Waals surface area contributed by atoms with E-state index in [1.165, 1.54) is 32.7 Å². The van der Waals surface area contributed by atoms with Crippen LogP contribution in [0.15, 0.2) is 0 Å². The van der Waals surface area contributed by atoms with Crippen LogP contribution in [0.25, 0.3) is 0 Å². The summed E-state index contributed by atoms with van der Waals surface area (Å²) in [6.07, 6.45) is 13.9. The molecule has 0 aromatic carbocycles. The van der Waals surface area contributed by atoms with E-state index in [9.17, 15) is 4.79 Å². The maximum atomic E-state index is 11.4. The Morgan fingerprint density at radius 1 is 1.22 bits per heavy atom. The van der Waals surface area contributed by atoms with Crippen molar-refractivity contribution in [2.45, 2.75) is 32.1 Å². The molecule has 0 atom stereocenters. The molecule has 1 saturated carbocycles. The molecule has 1 heterocycles. The van der Waals surface area contributed by atoms with Gasteiger partial charge in [0.2, 0.25) is 5.91 Å². The topological polar surface area (TPSA) is 58.4 Å². The van der Waals surface area contributed by atoms with E-state index in [-0.39, 0.29) is 0 Å². The minimum atomic E-state index is 0.407. The molecule has 0 radical (unpaired) electrons. The first-order chi connectivity index (χ1) is 8.77. The van der Waals surface area contributed by atoms with Crippen LogP contribution in [-0.4, -0.2) is 45.0 Å². The summed E-state index contributed by atoms with van der Waals surface area (Å²) in [5, 5.41) is 2.75. The van der Waals surface area contributed by atoms with E-state index >= 15 is 0 Å². The molecule has 106 valence electrons. The monoisotopic (exact) mass is 255 g/mol. The number of nitrogens with one attached hydrogen (secondary N) is 1. The first-order valence-electron chi connectivity index (χ1n) is 6.55. The summed E-state index contributed by atoms with van der Waals surface area (Å²) in [6, 6.07) is 0. The average Bonchev–Trinajstić information content (AvgIpc) is 3.05. The van der Waals surface area contributed by atoms with Gasteiger partial charge in [-0.1, -0.05) is 0 Å². The lowest BCUT2D eigenvalue weighted by Crippen LogP contribution is -2.27. The molecule has 3 N–H and O–H groups in total. The summed E-state index contributed by atoms with van der Waals surface area (Å²) >= 11 is 0. The van der Waals surface area contributed by atoms with E-state index < -0.39 is 0 Å². The fourth-order valence-corrected chi connectivity index (χ4v) is 1.66. The van der Waals surface area contributed by atoms with Gasteiger partial charge in [0.15, 0.2) is 0 Å². The molecule has 2 fully saturated rings. The van der Waals surface area contributed by atoms with Crippen molar-refractivity contribution in [2.75, 3.05) is 34.2 Å². The fourth-order valence-electron chi connectivity index (χ4n) is 1.66. The van der Waals surface area contributed by atoms with Gasteiger partial charge in [0.25, 0.3) is 0 Å². The van der Waals surface area contributed by atoms with Crippen molar-refractivity contribution in [1.29, 1.82) is 0 Å². The fraction of sp³-hybridized carbons (Fsp3) is 0.786. The third-order valence-corrected chi connectivity index (χ3v) is 2.62. The highest BCUT2D eigenvalue weighted by Crippen LogP contribution is 2.33. The lowest BCUT2D eigenvalue weighted by atomic mass is 10.2. The zero-order valence-electron chi connectivity index (χ0n) is 12.1. The number of terminal acetylenes is 1. The number of amides is 1. The minimum Gasteiger partial charge on any atom is -0.343 e. The van der Waals surface area contributed by atoms with Crippen LogP contribution in [0.3, 0.4) is 0 Å². The molecule has 0 bridgehead atoms. The highest BCUT2D eigenvalue weighted by atomic mass is 16.2. The molecule has 1 aliphatic heterocycles. The van der Waals surface area contributed by atoms with Crippen molar-refractivity contribution in [3.8, 4) is 12.8 Å². The molecule has 1 amide bonds. The predicted octanol–water partition coefficient (Wildman–Crippen LogP) is 1.07. The molecule has 0 aromatic rings. The van der Waals surface area contributed by atoms with Crippen molar-refractivity contribution >= 4 is 5.91 Å². The smallest absolute Gasteiger partial charge is 0.222 e. The molecule has 0 unspecified atom stereocenters. The normalized spacial score (nSPS) is 16.2. The van der Waals surface area contributed by atoms with E-state index in [0.717, 1.165) is 25.4 Å². The molecule has 18 heavy (non-hydrogen) atoms. The Labute approximate surface area is 112 Å². The standard InChI is InChI=1S/C9H15NO.C2H7N.C2H2.CH5N/c11-9(7-8-3-4-8)10-5-1-2-6-10;1-3-2;2*1-2/h8H,1-7H2;3H,1-2H3;1-2H;2H2,1H3. The van der Waals surface area contributed by atoms with Gasteiger partial charge in [0.1, 0.15) is 0 Å². The second-order valence-electron chi connectivity index (χ2n) is 4.24. The van der Waals surface area contributed by atoms with Gasteiger partial charge in [0, 0.05) is 19.5 Å². The number of nitrogens with two attached hydrogens (primary N) is 1. The zero-order valence-corrected chi connectivity index (χ0v) is 12.1. The van der Waals surface area contributed by atoms with Crippen LogP contribution in [0.5, 0.6) is 0 Å². The average molecular weight is 255 g/mol. The van der Waals surface area contributed by atoms with Crippen molar-refractivity contribution in [2.24, 2.45) is 11.7 Å². The summed E-state index contributed by atoms with van der Waals surface area (Å²) in [6.45, 7) is 2.04. The zero-order chi connectivity index (χ0) is 14.4. The van der Waals surface area contributed by atoms with Crippen LogP contribution < -0.4 is 11.1 Å². The van der Waals surface area contributed by atoms with Gasteiger partial charge in [-0.25, -0.2) is 0 Å². The highest BCUT2D eigenvalue weighted by Gasteiger charge is 2.27. The van der Waals surface area contributed by atoms with Crippen LogP contribution in [0.2, 0.25) is 0 Å². The largest absolute Gasteiger partial charge is 0.343 e. The summed E-state index contributed by atoms with van der Waals surface area (Å²) in [5.74, 6) is 1.16. The molecule has 4 heteroatoms. The number of rotatable bonds is 2. The SMILES string of the molecule is C#C.CN.CNC.O=C(CC1CC1)N1CCCC1. The molecule has 4 nitrogen and oxygen atoms in total. The van der Waals surface area contributed by atoms with Gasteiger partial charge in [-0.3, -0.25) is 4.79 Å². The van der Waals surface area contributed by atoms with Crippen molar-refractivity contribution < 1.29 is 4.79 Å². The predicted molar refractivity (Wildman–Crippen MR) is 78.1 cm³/mol. The van der Waals surface area contributed by atoms with Crippen LogP contribution >= 0.6 is 0 Å². The van der Waals surface area contributed by atoms with Crippen molar-refractivity contribution in [1.82, 2.24) is 10.2 Å². The Kier molecular flexibility index (Phi) is 15.0. The molecule has 1 saturated heterocycles. The Hall–Kier alpha value is -1.05. The van der Waals surface area contributed by atoms with Gasteiger partial charge in [-0.2, -0.15) is 0 Å². The molecular weight excluding hydrogens is 226 g/mol. The van der Waals surface area contributed by atoms with E-state index in [2.05, 4.69) is 23.9 Å². The second-order valence-corrected chi connectivity index (χ2v) is 4.24. The molecular formula is C14H29N3O. The molecule has 2 rings (SSSR count). The Balaban J connectivity index is 0. The summed E-state index contributed by atoms with van der Waals surface area (Å²) in [5.41, 5.74) is 4.50. The Morgan fingerprint density at radius 2 is 1.61 bits per heavy atom. The molecule has 2 aliphatic rings. The van der Waals surface area contributed by atoms with E-state index in [4.69, 9.17) is 0 Å². The number of carbonyl (C=O) groups is 1. The molecule has 0 aromatic heterocycles. The first kappa shape index (κ1) is 19.3. The van der Waals surface area contributed by atoms with Gasteiger partial charge in [-0.15, -0.1) is 12.8 Å². The molecule has 0 spiro atoms. The number of nitrogens with zero attached hydrogens (tertiary/aromatic N) is 1. The summed E-state index contributed by atoms with van der Waals surface area (Å²) in [4.78, 5) is 13.4. The summed E-state index contributed by atoms with van der Waals surface area (Å²) < 4.78 is 0. The number of carbonyl (C=O) groups excluding carboxylic acids is 1. The minimum absolute atomic E-state index is 0.407. The summed E-state index contributed by atoms with van der Waals surface area (Å²) in [7, 11) is 5.25. The van der Waals surface area contributed by atoms with Crippen LogP contribution in [0.4, 0.5) is 0 Å². The van der Waals surface area contributed by atoms with Crippen molar-refractivity contribution in [3.05, 3.63) is 0 Å². The van der Waals surface area contributed by atoms with Gasteiger partial charge in [-0.05, 0) is 52.7 Å². The maximum Gasteiger partial charge on any atom is 0.222 e. The third-order valence-electron chi connectivity index (χ3n) is 2.62. The number of likely N-dealkylation sites (tertiary alicyclic amines) is 1. The number of hydrogen-bond donors (Lipinski definition) is 2. The van der Waals surface area contributed by atoms with E-state index in [0.29, 0.717) is 5.91 Å². The van der Waals surface area contributed by atoms with E-state index in [1.807, 2.05) is 19.0 Å². The van der Waals surface area contributed by atoms with Crippen molar-refractivity contribution in [3.63, 3.8) is 0 Å². The lowest BCUT2D eigenvalue weighted by molar-refractivity contribution is -0.130. The van der Waals surface area contributed by atoms with Crippen LogP contribution in [0.1, 0.15) is 32.1 Å². The Morgan fingerprint density at radius 3 is 1.94 bits per heavy atom. The Bertz CT molecular complexity index is 206. The van der Waals surface area contributed by atoms with Crippen LogP contribution in [0, 0.1) is 18.8 Å². The van der Waals surface area contributed by atoms with E-state index in [1.54, 1.807) is 0 Å². The maximum absolute atomic E-state index is 11.4. The van der Waals surface area contributed by atoms with Gasteiger partial charge in [0.05, 0.1) is 0 Å². The number of hydrogen-bond acceptors (Lipinski definition) is 3. The quantitative estimate of drug-likeness (QED) is 0.726. The van der Waals surface area contributed by atoms with Crippen LogP contribution in [-0.2, 0) is 4.79 Å². The highest BCUT2D eigenvalue weighted by molar-refractivity contribution is 5.76. The first-order valence-corrected chi connectivity index (χ1v) is 6.55. The third kappa shape index (κ3) is 10.1.